The van der Waals surface area contributed by atoms with Crippen molar-refractivity contribution < 1.29 is 9.59 Å². The molecule has 0 spiro atoms. The van der Waals surface area contributed by atoms with Gasteiger partial charge in [-0.25, -0.2) is 0 Å². The summed E-state index contributed by atoms with van der Waals surface area (Å²) in [7, 11) is 0. The van der Waals surface area contributed by atoms with E-state index in [1.54, 1.807) is 4.90 Å². The van der Waals surface area contributed by atoms with E-state index in [9.17, 15) is 9.59 Å². The predicted molar refractivity (Wildman–Crippen MR) is 93.3 cm³/mol. The maximum Gasteiger partial charge on any atom is 0.311 e. The van der Waals surface area contributed by atoms with Crippen molar-refractivity contribution in [2.75, 3.05) is 26.2 Å². The molecule has 0 bridgehead atoms. The minimum Gasteiger partial charge on any atom is -0.345 e. The highest BCUT2D eigenvalue weighted by atomic mass is 16.2. The van der Waals surface area contributed by atoms with E-state index in [-0.39, 0.29) is 11.9 Å². The number of nitrogens with zero attached hydrogens (tertiary/aromatic N) is 2. The monoisotopic (exact) mass is 329 g/mol. The summed E-state index contributed by atoms with van der Waals surface area (Å²) in [4.78, 5) is 28.5. The van der Waals surface area contributed by atoms with Crippen LogP contribution < -0.4 is 5.32 Å². The highest BCUT2D eigenvalue weighted by Gasteiger charge is 2.27. The minimum absolute atomic E-state index is 0.123. The zero-order valence-electron chi connectivity index (χ0n) is 14.2. The zero-order chi connectivity index (χ0) is 16.8. The van der Waals surface area contributed by atoms with Crippen LogP contribution in [0.5, 0.6) is 0 Å². The topological polar surface area (TPSA) is 52.7 Å². The maximum atomic E-state index is 12.2. The molecular formula is C19H27N3O2. The first kappa shape index (κ1) is 17.0. The summed E-state index contributed by atoms with van der Waals surface area (Å²) in [5.74, 6) is -0.764. The molecule has 2 aliphatic heterocycles. The van der Waals surface area contributed by atoms with E-state index in [1.807, 2.05) is 6.07 Å². The smallest absolute Gasteiger partial charge is 0.311 e. The lowest BCUT2D eigenvalue weighted by Crippen LogP contribution is -2.50. The van der Waals surface area contributed by atoms with Crippen molar-refractivity contribution in [3.8, 4) is 0 Å². The first-order chi connectivity index (χ1) is 11.7. The Morgan fingerprint density at radius 2 is 1.62 bits per heavy atom. The Balaban J connectivity index is 1.41. The number of nitrogens with one attached hydrogen (secondary N) is 1. The van der Waals surface area contributed by atoms with Crippen molar-refractivity contribution in [1.29, 1.82) is 0 Å². The summed E-state index contributed by atoms with van der Waals surface area (Å²) in [5.41, 5.74) is 1.32. The third kappa shape index (κ3) is 4.57. The molecule has 0 radical (unpaired) electrons. The lowest BCUT2D eigenvalue weighted by molar-refractivity contribution is -0.147. The van der Waals surface area contributed by atoms with E-state index in [1.165, 1.54) is 5.56 Å². The molecule has 2 saturated heterocycles. The highest BCUT2D eigenvalue weighted by Crippen LogP contribution is 2.14. The van der Waals surface area contributed by atoms with Gasteiger partial charge in [-0.3, -0.25) is 14.5 Å². The van der Waals surface area contributed by atoms with Crippen LogP contribution in [0.4, 0.5) is 0 Å². The van der Waals surface area contributed by atoms with Crippen molar-refractivity contribution in [2.24, 2.45) is 0 Å². The van der Waals surface area contributed by atoms with Gasteiger partial charge in [-0.05, 0) is 37.7 Å². The van der Waals surface area contributed by atoms with Gasteiger partial charge in [0.1, 0.15) is 0 Å². The van der Waals surface area contributed by atoms with Crippen molar-refractivity contribution >= 4 is 11.8 Å². The molecule has 2 aliphatic rings. The SMILES string of the molecule is O=C(NC1CCN(Cc2ccccc2)CC1)C(=O)N1CCCCC1. The zero-order valence-corrected chi connectivity index (χ0v) is 14.2. The molecule has 0 aromatic heterocycles. The van der Waals surface area contributed by atoms with E-state index < -0.39 is 5.91 Å². The fraction of sp³-hybridized carbons (Fsp3) is 0.579. The lowest BCUT2D eigenvalue weighted by atomic mass is 10.0. The summed E-state index contributed by atoms with van der Waals surface area (Å²) in [5, 5.41) is 2.94. The average Bonchev–Trinajstić information content (AvgIpc) is 2.64. The molecule has 0 atom stereocenters. The van der Waals surface area contributed by atoms with Crippen molar-refractivity contribution in [3.63, 3.8) is 0 Å². The van der Waals surface area contributed by atoms with Crippen LogP contribution in [-0.2, 0) is 16.1 Å². The fourth-order valence-electron chi connectivity index (χ4n) is 3.56. The summed E-state index contributed by atoms with van der Waals surface area (Å²) in [6, 6.07) is 10.6. The van der Waals surface area contributed by atoms with E-state index in [2.05, 4.69) is 34.5 Å². The van der Waals surface area contributed by atoms with Gasteiger partial charge < -0.3 is 10.2 Å². The molecule has 0 saturated carbocycles. The molecule has 3 rings (SSSR count). The van der Waals surface area contributed by atoms with Crippen LogP contribution in [-0.4, -0.2) is 53.8 Å². The summed E-state index contributed by atoms with van der Waals surface area (Å²) >= 11 is 0. The molecule has 130 valence electrons. The first-order valence-electron chi connectivity index (χ1n) is 9.08. The Morgan fingerprint density at radius 1 is 0.958 bits per heavy atom. The van der Waals surface area contributed by atoms with E-state index in [0.29, 0.717) is 0 Å². The molecule has 1 aromatic rings. The maximum absolute atomic E-state index is 12.2. The lowest BCUT2D eigenvalue weighted by Gasteiger charge is -2.33. The molecule has 2 fully saturated rings. The van der Waals surface area contributed by atoms with Gasteiger partial charge in [0.25, 0.3) is 0 Å². The average molecular weight is 329 g/mol. The largest absolute Gasteiger partial charge is 0.345 e. The van der Waals surface area contributed by atoms with Gasteiger partial charge in [0.05, 0.1) is 0 Å². The molecule has 1 N–H and O–H groups in total. The molecule has 0 aliphatic carbocycles. The Kier molecular flexibility index (Phi) is 5.86. The van der Waals surface area contributed by atoms with Crippen LogP contribution in [0.25, 0.3) is 0 Å². The molecule has 24 heavy (non-hydrogen) atoms. The van der Waals surface area contributed by atoms with Crippen LogP contribution in [0, 0.1) is 0 Å². The molecule has 2 heterocycles. The summed E-state index contributed by atoms with van der Waals surface area (Å²) < 4.78 is 0. The van der Waals surface area contributed by atoms with Crippen LogP contribution in [0.2, 0.25) is 0 Å². The third-order valence-electron chi connectivity index (χ3n) is 5.01. The number of piperidine rings is 2. The number of hydrogen-bond acceptors (Lipinski definition) is 3. The van der Waals surface area contributed by atoms with Gasteiger partial charge in [-0.2, -0.15) is 0 Å². The standard InChI is InChI=1S/C19H27N3O2/c23-18(19(24)22-11-5-2-6-12-22)20-17-9-13-21(14-10-17)15-16-7-3-1-4-8-16/h1,3-4,7-8,17H,2,5-6,9-15H2,(H,20,23). The van der Waals surface area contributed by atoms with Gasteiger partial charge in [0.15, 0.2) is 0 Å². The number of carbonyl (C=O) groups excluding carboxylic acids is 2. The molecule has 5 nitrogen and oxygen atoms in total. The van der Waals surface area contributed by atoms with E-state index in [0.717, 1.165) is 64.8 Å². The minimum atomic E-state index is -0.418. The second-order valence-electron chi connectivity index (χ2n) is 6.86. The van der Waals surface area contributed by atoms with Crippen LogP contribution in [0.15, 0.2) is 30.3 Å². The van der Waals surface area contributed by atoms with Crippen LogP contribution in [0.1, 0.15) is 37.7 Å². The number of rotatable bonds is 3. The number of likely N-dealkylation sites (tertiary alicyclic amines) is 2. The third-order valence-corrected chi connectivity index (χ3v) is 5.01. The molecule has 5 heteroatoms. The molecule has 1 aromatic carbocycles. The predicted octanol–water partition coefficient (Wildman–Crippen LogP) is 1.78. The number of benzene rings is 1. The van der Waals surface area contributed by atoms with E-state index >= 15 is 0 Å². The highest BCUT2D eigenvalue weighted by molar-refractivity contribution is 6.35. The normalized spacial score (nSPS) is 19.9. The molecule has 2 amide bonds. The Bertz CT molecular complexity index is 547. The number of carbonyl (C=O) groups is 2. The van der Waals surface area contributed by atoms with Gasteiger partial charge in [-0.1, -0.05) is 30.3 Å². The molecule has 0 unspecified atom stereocenters. The van der Waals surface area contributed by atoms with Crippen LogP contribution >= 0.6 is 0 Å². The van der Waals surface area contributed by atoms with Gasteiger partial charge in [0.2, 0.25) is 0 Å². The van der Waals surface area contributed by atoms with Crippen LogP contribution in [0.3, 0.4) is 0 Å². The summed E-state index contributed by atoms with van der Waals surface area (Å²) in [6.07, 6.45) is 5.00. The van der Waals surface area contributed by atoms with Gasteiger partial charge in [-0.15, -0.1) is 0 Å². The van der Waals surface area contributed by atoms with E-state index in [4.69, 9.17) is 0 Å². The number of hydrogen-bond donors (Lipinski definition) is 1. The van der Waals surface area contributed by atoms with Gasteiger partial charge in [0, 0.05) is 38.8 Å². The Labute approximate surface area is 144 Å². The Morgan fingerprint density at radius 3 is 2.29 bits per heavy atom. The second kappa shape index (κ2) is 8.29. The first-order valence-corrected chi connectivity index (χ1v) is 9.08. The molecular weight excluding hydrogens is 302 g/mol. The van der Waals surface area contributed by atoms with Gasteiger partial charge >= 0.3 is 11.8 Å². The Hall–Kier alpha value is -1.88. The number of amides is 2. The summed E-state index contributed by atoms with van der Waals surface area (Å²) in [6.45, 7) is 4.31. The quantitative estimate of drug-likeness (QED) is 0.860. The van der Waals surface area contributed by atoms with Crippen molar-refractivity contribution in [2.45, 2.75) is 44.7 Å². The van der Waals surface area contributed by atoms with Crippen molar-refractivity contribution in [1.82, 2.24) is 15.1 Å². The fourth-order valence-corrected chi connectivity index (χ4v) is 3.56. The van der Waals surface area contributed by atoms with Crippen molar-refractivity contribution in [3.05, 3.63) is 35.9 Å². The second-order valence-corrected chi connectivity index (χ2v) is 6.86.